The highest BCUT2D eigenvalue weighted by molar-refractivity contribution is 5.67. The molecule has 0 amide bonds. The molecule has 0 heterocycles. The van der Waals surface area contributed by atoms with E-state index < -0.39 is 31.3 Å². The highest BCUT2D eigenvalue weighted by Crippen LogP contribution is 2.21. The lowest BCUT2D eigenvalue weighted by atomic mass is 9.98. The van der Waals surface area contributed by atoms with Crippen LogP contribution in [0.2, 0.25) is 0 Å². The van der Waals surface area contributed by atoms with E-state index in [-0.39, 0.29) is 12.3 Å². The number of carboxylic acid groups (broad SMARTS) is 1. The molecule has 0 aliphatic heterocycles. The van der Waals surface area contributed by atoms with Gasteiger partial charge in [-0.1, -0.05) is 18.2 Å². The highest BCUT2D eigenvalue weighted by Gasteiger charge is 2.27. The first-order valence-corrected chi connectivity index (χ1v) is 7.45. The smallest absolute Gasteiger partial charge is 0.391 e. The Morgan fingerprint density at radius 2 is 1.96 bits per heavy atom. The van der Waals surface area contributed by atoms with E-state index in [9.17, 15) is 18.0 Å². The number of ether oxygens (including phenoxy) is 1. The molecule has 0 saturated carbocycles. The maximum absolute atomic E-state index is 12.1. The average Bonchev–Trinajstić information content (AvgIpc) is 2.44. The molecule has 7 heteroatoms. The molecule has 1 rings (SSSR count). The predicted octanol–water partition coefficient (Wildman–Crippen LogP) is 3.94. The fourth-order valence-electron chi connectivity index (χ4n) is 2.22. The molecule has 0 unspecified atom stereocenters. The fraction of sp³-hybridized carbons (Fsp3) is 0.562. The minimum atomic E-state index is -4.24. The second-order valence-electron chi connectivity index (χ2n) is 5.49. The van der Waals surface area contributed by atoms with Gasteiger partial charge in [-0.25, -0.2) is 0 Å². The molecule has 2 N–H and O–H groups in total. The SMILES string of the molecule is C[C@@H](C[C@H](CNc1ccccc1)CC(=O)O)OCCC(F)(F)F. The molecular weight excluding hydrogens is 311 g/mol. The van der Waals surface area contributed by atoms with Gasteiger partial charge in [0.25, 0.3) is 0 Å². The number of halogens is 3. The quantitative estimate of drug-likeness (QED) is 0.681. The third-order valence-corrected chi connectivity index (χ3v) is 3.29. The second-order valence-corrected chi connectivity index (χ2v) is 5.49. The van der Waals surface area contributed by atoms with Gasteiger partial charge in [-0.15, -0.1) is 0 Å². The minimum Gasteiger partial charge on any atom is -0.481 e. The molecule has 130 valence electrons. The van der Waals surface area contributed by atoms with Crippen LogP contribution in [0.15, 0.2) is 30.3 Å². The van der Waals surface area contributed by atoms with Crippen LogP contribution in [0.25, 0.3) is 0 Å². The van der Waals surface area contributed by atoms with Crippen LogP contribution in [-0.4, -0.2) is 36.5 Å². The Hall–Kier alpha value is -1.76. The molecule has 1 aromatic carbocycles. The molecule has 0 aliphatic rings. The van der Waals surface area contributed by atoms with Gasteiger partial charge in [0.1, 0.15) is 0 Å². The lowest BCUT2D eigenvalue weighted by Crippen LogP contribution is -2.24. The first kappa shape index (κ1) is 19.3. The Morgan fingerprint density at radius 1 is 1.30 bits per heavy atom. The lowest BCUT2D eigenvalue weighted by molar-refractivity contribution is -0.149. The number of carboxylic acids is 1. The summed E-state index contributed by atoms with van der Waals surface area (Å²) in [4.78, 5) is 10.9. The molecule has 0 aliphatic carbocycles. The van der Waals surface area contributed by atoms with Crippen molar-refractivity contribution in [2.45, 2.75) is 38.5 Å². The first-order valence-electron chi connectivity index (χ1n) is 7.45. The fourth-order valence-corrected chi connectivity index (χ4v) is 2.22. The minimum absolute atomic E-state index is 0.0627. The summed E-state index contributed by atoms with van der Waals surface area (Å²) in [5.41, 5.74) is 0.869. The van der Waals surface area contributed by atoms with Crippen LogP contribution in [0.1, 0.15) is 26.2 Å². The van der Waals surface area contributed by atoms with Crippen LogP contribution in [0.5, 0.6) is 0 Å². The van der Waals surface area contributed by atoms with Gasteiger partial charge in [0.2, 0.25) is 0 Å². The number of anilines is 1. The molecule has 2 atom stereocenters. The summed E-state index contributed by atoms with van der Waals surface area (Å²) in [6.07, 6.45) is -5.35. The third kappa shape index (κ3) is 9.78. The Bertz CT molecular complexity index is 465. The van der Waals surface area contributed by atoms with Crippen LogP contribution in [0.4, 0.5) is 18.9 Å². The summed E-state index contributed by atoms with van der Waals surface area (Å²) in [6.45, 7) is 1.67. The molecule has 0 radical (unpaired) electrons. The van der Waals surface area contributed by atoms with Crippen molar-refractivity contribution < 1.29 is 27.8 Å². The first-order chi connectivity index (χ1) is 10.8. The predicted molar refractivity (Wildman–Crippen MR) is 81.4 cm³/mol. The van der Waals surface area contributed by atoms with Crippen molar-refractivity contribution in [3.05, 3.63) is 30.3 Å². The van der Waals surface area contributed by atoms with Crippen LogP contribution >= 0.6 is 0 Å². The number of carbonyl (C=O) groups is 1. The molecule has 0 aromatic heterocycles. The van der Waals surface area contributed by atoms with E-state index in [0.29, 0.717) is 13.0 Å². The summed E-state index contributed by atoms with van der Waals surface area (Å²) in [7, 11) is 0. The van der Waals surface area contributed by atoms with Gasteiger partial charge in [0, 0.05) is 18.7 Å². The van der Waals surface area contributed by atoms with Crippen LogP contribution in [0, 0.1) is 5.92 Å². The highest BCUT2D eigenvalue weighted by atomic mass is 19.4. The van der Waals surface area contributed by atoms with Crippen LogP contribution in [-0.2, 0) is 9.53 Å². The Kier molecular flexibility index (Phi) is 7.88. The van der Waals surface area contributed by atoms with E-state index in [0.717, 1.165) is 5.69 Å². The summed E-state index contributed by atoms with van der Waals surface area (Å²) in [5, 5.41) is 12.1. The number of hydrogen-bond donors (Lipinski definition) is 2. The van der Waals surface area contributed by atoms with Gasteiger partial charge < -0.3 is 15.2 Å². The number of rotatable bonds is 10. The molecule has 1 aromatic rings. The zero-order chi connectivity index (χ0) is 17.3. The molecule has 0 spiro atoms. The average molecular weight is 333 g/mol. The number of aliphatic carboxylic acids is 1. The zero-order valence-electron chi connectivity index (χ0n) is 13.0. The van der Waals surface area contributed by atoms with Crippen molar-refractivity contribution >= 4 is 11.7 Å². The van der Waals surface area contributed by atoms with Gasteiger partial charge in [-0.05, 0) is 31.4 Å². The van der Waals surface area contributed by atoms with Crippen molar-refractivity contribution in [2.75, 3.05) is 18.5 Å². The monoisotopic (exact) mass is 333 g/mol. The van der Waals surface area contributed by atoms with Gasteiger partial charge in [-0.3, -0.25) is 4.79 Å². The van der Waals surface area contributed by atoms with Crippen molar-refractivity contribution in [1.29, 1.82) is 0 Å². The molecular formula is C16H22F3NO3. The van der Waals surface area contributed by atoms with Crippen LogP contribution in [0.3, 0.4) is 0 Å². The van der Waals surface area contributed by atoms with Gasteiger partial charge in [0.05, 0.1) is 19.1 Å². The normalized spacial score (nSPS) is 14.3. The van der Waals surface area contributed by atoms with E-state index in [1.165, 1.54) is 0 Å². The van der Waals surface area contributed by atoms with Gasteiger partial charge in [-0.2, -0.15) is 13.2 Å². The standard InChI is InChI=1S/C16H22F3NO3/c1-12(23-8-7-16(17,18)19)9-13(10-15(21)22)11-20-14-5-3-2-4-6-14/h2-6,12-13,20H,7-11H2,1H3,(H,21,22)/t12-,13-/m0/s1. The van der Waals surface area contributed by atoms with Crippen molar-refractivity contribution in [3.8, 4) is 0 Å². The number of nitrogens with one attached hydrogen (secondary N) is 1. The van der Waals surface area contributed by atoms with Crippen LogP contribution < -0.4 is 5.32 Å². The largest absolute Gasteiger partial charge is 0.481 e. The maximum Gasteiger partial charge on any atom is 0.391 e. The van der Waals surface area contributed by atoms with E-state index in [4.69, 9.17) is 9.84 Å². The summed E-state index contributed by atoms with van der Waals surface area (Å²) in [5.74, 6) is -1.17. The Morgan fingerprint density at radius 3 is 2.52 bits per heavy atom. The summed E-state index contributed by atoms with van der Waals surface area (Å²) in [6, 6.07) is 9.31. The Balaban J connectivity index is 2.42. The number of benzene rings is 1. The van der Waals surface area contributed by atoms with E-state index >= 15 is 0 Å². The van der Waals surface area contributed by atoms with Gasteiger partial charge >= 0.3 is 12.1 Å². The molecule has 0 bridgehead atoms. The maximum atomic E-state index is 12.1. The third-order valence-electron chi connectivity index (χ3n) is 3.29. The van der Waals surface area contributed by atoms with Crippen molar-refractivity contribution in [1.82, 2.24) is 0 Å². The van der Waals surface area contributed by atoms with Crippen molar-refractivity contribution in [3.63, 3.8) is 0 Å². The summed E-state index contributed by atoms with van der Waals surface area (Å²) >= 11 is 0. The second kappa shape index (κ2) is 9.39. The van der Waals surface area contributed by atoms with Gasteiger partial charge in [0.15, 0.2) is 0 Å². The molecule has 4 nitrogen and oxygen atoms in total. The van der Waals surface area contributed by atoms with Crippen molar-refractivity contribution in [2.24, 2.45) is 5.92 Å². The van der Waals surface area contributed by atoms with E-state index in [2.05, 4.69) is 5.32 Å². The lowest BCUT2D eigenvalue weighted by Gasteiger charge is -2.21. The Labute approximate surface area is 133 Å². The summed E-state index contributed by atoms with van der Waals surface area (Å²) < 4.78 is 41.4. The number of alkyl halides is 3. The van der Waals surface area contributed by atoms with E-state index in [1.807, 2.05) is 30.3 Å². The van der Waals surface area contributed by atoms with E-state index in [1.54, 1.807) is 6.92 Å². The zero-order valence-corrected chi connectivity index (χ0v) is 13.0. The topological polar surface area (TPSA) is 58.6 Å². The number of hydrogen-bond acceptors (Lipinski definition) is 3. The molecule has 23 heavy (non-hydrogen) atoms. The molecule has 0 fully saturated rings. The number of para-hydroxylation sites is 1. The molecule has 0 saturated heterocycles.